The number of nitrogens with zero attached hydrogens (tertiary/aromatic N) is 1. The number of esters is 1. The Balaban J connectivity index is 1.60. The van der Waals surface area contributed by atoms with Crippen LogP contribution < -0.4 is 10.2 Å². The average Bonchev–Trinajstić information content (AvgIpc) is 3.07. The Morgan fingerprint density at radius 1 is 1.07 bits per heavy atom. The van der Waals surface area contributed by atoms with Gasteiger partial charge in [-0.3, -0.25) is 14.4 Å². The second-order valence-corrected chi connectivity index (χ2v) is 7.58. The van der Waals surface area contributed by atoms with Crippen LogP contribution in [-0.2, 0) is 19.1 Å². The van der Waals surface area contributed by atoms with E-state index in [1.54, 1.807) is 4.90 Å². The lowest BCUT2D eigenvalue weighted by Gasteiger charge is -2.19. The summed E-state index contributed by atoms with van der Waals surface area (Å²) >= 11 is 0. The average molecular weight is 394 g/mol. The van der Waals surface area contributed by atoms with Gasteiger partial charge in [-0.15, -0.1) is 0 Å². The minimum absolute atomic E-state index is 0.0813. The Hall–Kier alpha value is -3.15. The van der Waals surface area contributed by atoms with Gasteiger partial charge in [0.1, 0.15) is 0 Å². The highest BCUT2D eigenvalue weighted by molar-refractivity contribution is 6.00. The maximum absolute atomic E-state index is 12.5. The number of hydrogen-bond donors (Lipinski definition) is 1. The third-order valence-corrected chi connectivity index (χ3v) is 5.20. The van der Waals surface area contributed by atoms with Crippen molar-refractivity contribution < 1.29 is 19.1 Å². The molecule has 0 spiro atoms. The standard InChI is InChI=1S/C23H26N2O4/c1-14-8-10-19(11-9-14)25-13-18(12-20(25)26)23(28)29-17(4)22(27)24-21-15(2)6-5-7-16(21)3/h5-11,17-18H,12-13H2,1-4H3,(H,24,27). The summed E-state index contributed by atoms with van der Waals surface area (Å²) in [4.78, 5) is 39.0. The van der Waals surface area contributed by atoms with Gasteiger partial charge < -0.3 is 15.0 Å². The van der Waals surface area contributed by atoms with Crippen molar-refractivity contribution in [2.75, 3.05) is 16.8 Å². The maximum Gasteiger partial charge on any atom is 0.312 e. The zero-order valence-corrected chi connectivity index (χ0v) is 17.2. The van der Waals surface area contributed by atoms with Gasteiger partial charge in [-0.2, -0.15) is 0 Å². The first-order valence-corrected chi connectivity index (χ1v) is 9.71. The van der Waals surface area contributed by atoms with E-state index >= 15 is 0 Å². The highest BCUT2D eigenvalue weighted by Crippen LogP contribution is 2.26. The summed E-state index contributed by atoms with van der Waals surface area (Å²) < 4.78 is 5.37. The van der Waals surface area contributed by atoms with E-state index in [1.165, 1.54) is 6.92 Å². The highest BCUT2D eigenvalue weighted by Gasteiger charge is 2.37. The van der Waals surface area contributed by atoms with Crippen LogP contribution in [0.2, 0.25) is 0 Å². The lowest BCUT2D eigenvalue weighted by molar-refractivity contribution is -0.157. The molecule has 2 amide bonds. The van der Waals surface area contributed by atoms with Crippen LogP contribution in [0, 0.1) is 26.7 Å². The van der Waals surface area contributed by atoms with E-state index in [9.17, 15) is 14.4 Å². The van der Waals surface area contributed by atoms with Crippen molar-refractivity contribution in [3.8, 4) is 0 Å². The number of ether oxygens (including phenoxy) is 1. The van der Waals surface area contributed by atoms with Crippen molar-refractivity contribution >= 4 is 29.2 Å². The molecule has 1 fully saturated rings. The molecule has 1 aliphatic heterocycles. The maximum atomic E-state index is 12.5. The van der Waals surface area contributed by atoms with Crippen molar-refractivity contribution in [2.24, 2.45) is 5.92 Å². The molecule has 3 rings (SSSR count). The van der Waals surface area contributed by atoms with Gasteiger partial charge >= 0.3 is 5.97 Å². The second-order valence-electron chi connectivity index (χ2n) is 7.58. The fourth-order valence-electron chi connectivity index (χ4n) is 3.40. The Morgan fingerprint density at radius 2 is 1.69 bits per heavy atom. The minimum Gasteiger partial charge on any atom is -0.452 e. The summed E-state index contributed by atoms with van der Waals surface area (Å²) in [7, 11) is 0. The second kappa shape index (κ2) is 8.47. The molecule has 2 aromatic carbocycles. The Kier molecular flexibility index (Phi) is 6.01. The number of benzene rings is 2. The molecule has 6 heteroatoms. The van der Waals surface area contributed by atoms with Crippen molar-refractivity contribution in [2.45, 2.75) is 40.2 Å². The predicted octanol–water partition coefficient (Wildman–Crippen LogP) is 3.54. The fraction of sp³-hybridized carbons (Fsp3) is 0.348. The van der Waals surface area contributed by atoms with Gasteiger partial charge in [-0.1, -0.05) is 35.9 Å². The van der Waals surface area contributed by atoms with E-state index in [0.29, 0.717) is 0 Å². The predicted molar refractivity (Wildman–Crippen MR) is 112 cm³/mol. The van der Waals surface area contributed by atoms with Gasteiger partial charge in [0.05, 0.1) is 5.92 Å². The third-order valence-electron chi connectivity index (χ3n) is 5.20. The van der Waals surface area contributed by atoms with E-state index in [0.717, 1.165) is 28.1 Å². The lowest BCUT2D eigenvalue weighted by Crippen LogP contribution is -2.33. The molecule has 2 unspecified atom stereocenters. The molecule has 2 atom stereocenters. The molecule has 0 aromatic heterocycles. The van der Waals surface area contributed by atoms with Gasteiger partial charge in [-0.05, 0) is 51.0 Å². The number of amides is 2. The quantitative estimate of drug-likeness (QED) is 0.787. The molecule has 1 aliphatic rings. The lowest BCUT2D eigenvalue weighted by atomic mass is 10.1. The van der Waals surface area contributed by atoms with Crippen LogP contribution in [0.3, 0.4) is 0 Å². The first-order valence-electron chi connectivity index (χ1n) is 9.71. The van der Waals surface area contributed by atoms with Crippen LogP contribution in [0.15, 0.2) is 42.5 Å². The molecule has 1 N–H and O–H groups in total. The molecule has 0 radical (unpaired) electrons. The first kappa shape index (κ1) is 20.6. The van der Waals surface area contributed by atoms with Gasteiger partial charge in [-0.25, -0.2) is 0 Å². The number of carbonyl (C=O) groups is 3. The number of aryl methyl sites for hydroxylation is 3. The number of para-hydroxylation sites is 1. The summed E-state index contributed by atoms with van der Waals surface area (Å²) in [6.07, 6.45) is -0.872. The summed E-state index contributed by atoms with van der Waals surface area (Å²) in [5.74, 6) is -1.63. The largest absolute Gasteiger partial charge is 0.452 e. The molecule has 0 aliphatic carbocycles. The zero-order chi connectivity index (χ0) is 21.1. The van der Waals surface area contributed by atoms with Crippen LogP contribution in [0.25, 0.3) is 0 Å². The summed E-state index contributed by atoms with van der Waals surface area (Å²) in [5.41, 5.74) is 4.46. The van der Waals surface area contributed by atoms with E-state index in [1.807, 2.05) is 63.2 Å². The molecule has 1 saturated heterocycles. The molecule has 2 aromatic rings. The van der Waals surface area contributed by atoms with Gasteiger partial charge in [0, 0.05) is 24.3 Å². The van der Waals surface area contributed by atoms with E-state index in [-0.39, 0.29) is 18.9 Å². The van der Waals surface area contributed by atoms with Crippen LogP contribution in [0.5, 0.6) is 0 Å². The van der Waals surface area contributed by atoms with Crippen molar-refractivity contribution in [3.05, 3.63) is 59.2 Å². The Bertz CT molecular complexity index is 916. The van der Waals surface area contributed by atoms with E-state index in [2.05, 4.69) is 5.32 Å². The van der Waals surface area contributed by atoms with Crippen LogP contribution >= 0.6 is 0 Å². The number of anilines is 2. The molecular weight excluding hydrogens is 368 g/mol. The van der Waals surface area contributed by atoms with E-state index in [4.69, 9.17) is 4.74 Å². The summed E-state index contributed by atoms with van der Waals surface area (Å²) in [6.45, 7) is 7.58. The van der Waals surface area contributed by atoms with Crippen molar-refractivity contribution in [1.82, 2.24) is 0 Å². The van der Waals surface area contributed by atoms with Crippen LogP contribution in [0.1, 0.15) is 30.0 Å². The topological polar surface area (TPSA) is 75.7 Å². The third kappa shape index (κ3) is 4.65. The molecule has 1 heterocycles. The number of rotatable bonds is 5. The molecule has 0 saturated carbocycles. The first-order chi connectivity index (χ1) is 13.8. The SMILES string of the molecule is Cc1ccc(N2CC(C(=O)OC(C)C(=O)Nc3c(C)cccc3C)CC2=O)cc1. The van der Waals surface area contributed by atoms with Crippen molar-refractivity contribution in [1.29, 1.82) is 0 Å². The Morgan fingerprint density at radius 3 is 2.31 bits per heavy atom. The van der Waals surface area contributed by atoms with Gasteiger partial charge in [0.15, 0.2) is 6.10 Å². The monoisotopic (exact) mass is 394 g/mol. The minimum atomic E-state index is -0.954. The van der Waals surface area contributed by atoms with Crippen LogP contribution in [-0.4, -0.2) is 30.4 Å². The smallest absolute Gasteiger partial charge is 0.312 e. The summed E-state index contributed by atoms with van der Waals surface area (Å²) in [5, 5.41) is 2.83. The summed E-state index contributed by atoms with van der Waals surface area (Å²) in [6, 6.07) is 13.3. The fourth-order valence-corrected chi connectivity index (χ4v) is 3.40. The van der Waals surface area contributed by atoms with Crippen LogP contribution in [0.4, 0.5) is 11.4 Å². The van der Waals surface area contributed by atoms with Crippen molar-refractivity contribution in [3.63, 3.8) is 0 Å². The van der Waals surface area contributed by atoms with E-state index < -0.39 is 23.9 Å². The molecule has 0 bridgehead atoms. The molecular formula is C23H26N2O4. The number of hydrogen-bond acceptors (Lipinski definition) is 4. The number of carbonyl (C=O) groups excluding carboxylic acids is 3. The molecule has 29 heavy (non-hydrogen) atoms. The molecule has 152 valence electrons. The zero-order valence-electron chi connectivity index (χ0n) is 17.2. The molecule has 6 nitrogen and oxygen atoms in total. The normalized spacial score (nSPS) is 17.2. The Labute approximate surface area is 170 Å². The van der Waals surface area contributed by atoms with Gasteiger partial charge in [0.25, 0.3) is 5.91 Å². The highest BCUT2D eigenvalue weighted by atomic mass is 16.5. The van der Waals surface area contributed by atoms with Gasteiger partial charge in [0.2, 0.25) is 5.91 Å². The number of nitrogens with one attached hydrogen (secondary N) is 1.